The number of hydrogen-bond donors (Lipinski definition) is 2. The first kappa shape index (κ1) is 26.7. The Labute approximate surface area is 218 Å². The predicted octanol–water partition coefficient (Wildman–Crippen LogP) is 3.43. The van der Waals surface area contributed by atoms with Gasteiger partial charge in [-0.05, 0) is 42.0 Å². The van der Waals surface area contributed by atoms with Gasteiger partial charge in [-0.1, -0.05) is 12.1 Å². The average molecular weight is 556 g/mol. The van der Waals surface area contributed by atoms with Crippen LogP contribution in [0.25, 0.3) is 5.65 Å². The van der Waals surface area contributed by atoms with E-state index in [4.69, 9.17) is 0 Å². The second-order valence-electron chi connectivity index (χ2n) is 9.81. The third-order valence-electron chi connectivity index (χ3n) is 7.10. The molecule has 0 aromatic carbocycles. The molecule has 3 aromatic heterocycles. The zero-order valence-corrected chi connectivity index (χ0v) is 20.7. The van der Waals surface area contributed by atoms with Crippen LogP contribution in [0, 0.1) is 5.92 Å². The summed E-state index contributed by atoms with van der Waals surface area (Å²) in [6.07, 6.45) is -1.58. The van der Waals surface area contributed by atoms with E-state index in [9.17, 15) is 31.5 Å². The number of fused-ring (bicyclic) bond motifs is 1. The Morgan fingerprint density at radius 1 is 1.28 bits per heavy atom. The Morgan fingerprint density at radius 2 is 2.03 bits per heavy atom. The van der Waals surface area contributed by atoms with Gasteiger partial charge in [-0.25, -0.2) is 27.7 Å². The molecule has 5 rings (SSSR count). The molecule has 2 atom stereocenters. The molecule has 0 spiro atoms. The fourth-order valence-electron chi connectivity index (χ4n) is 4.95. The highest BCUT2D eigenvalue weighted by Gasteiger charge is 2.47. The summed E-state index contributed by atoms with van der Waals surface area (Å²) in [7, 11) is 0. The van der Waals surface area contributed by atoms with Gasteiger partial charge in [0.2, 0.25) is 5.92 Å². The van der Waals surface area contributed by atoms with Crippen LogP contribution >= 0.6 is 0 Å². The Morgan fingerprint density at radius 3 is 2.69 bits per heavy atom. The van der Waals surface area contributed by atoms with Crippen LogP contribution in [0.3, 0.4) is 0 Å². The van der Waals surface area contributed by atoms with Gasteiger partial charge in [0.05, 0.1) is 30.7 Å². The number of aromatic nitrogens is 5. The van der Waals surface area contributed by atoms with E-state index in [1.807, 2.05) is 5.32 Å². The quantitative estimate of drug-likeness (QED) is 0.427. The number of alkyl halides is 5. The van der Waals surface area contributed by atoms with E-state index in [0.717, 1.165) is 4.90 Å². The molecule has 16 heteroatoms. The molecule has 2 N–H and O–H groups in total. The number of imidazole rings is 1. The molecule has 0 bridgehead atoms. The first-order chi connectivity index (χ1) is 18.4. The number of nitrogens with one attached hydrogen (secondary N) is 2. The summed E-state index contributed by atoms with van der Waals surface area (Å²) in [4.78, 5) is 30.6. The molecule has 2 aliphatic rings. The fourth-order valence-corrected chi connectivity index (χ4v) is 4.95. The maximum absolute atomic E-state index is 13.9. The summed E-state index contributed by atoms with van der Waals surface area (Å²) in [6, 6.07) is -1.99. The summed E-state index contributed by atoms with van der Waals surface area (Å²) in [5.41, 5.74) is 1.47. The van der Waals surface area contributed by atoms with Crippen molar-refractivity contribution in [2.24, 2.45) is 5.92 Å². The van der Waals surface area contributed by atoms with Crippen molar-refractivity contribution in [2.45, 2.75) is 69.8 Å². The van der Waals surface area contributed by atoms with Gasteiger partial charge in [-0.3, -0.25) is 4.79 Å². The van der Waals surface area contributed by atoms with Crippen LogP contribution in [0.15, 0.2) is 23.1 Å². The van der Waals surface area contributed by atoms with Crippen molar-refractivity contribution >= 4 is 17.6 Å². The Hall–Kier alpha value is -3.85. The summed E-state index contributed by atoms with van der Waals surface area (Å²) < 4.78 is 72.9. The van der Waals surface area contributed by atoms with E-state index in [2.05, 4.69) is 30.3 Å². The van der Waals surface area contributed by atoms with Gasteiger partial charge >= 0.3 is 12.2 Å². The summed E-state index contributed by atoms with van der Waals surface area (Å²) >= 11 is 0. The van der Waals surface area contributed by atoms with Gasteiger partial charge in [0, 0.05) is 19.4 Å². The predicted molar refractivity (Wildman–Crippen MR) is 123 cm³/mol. The number of hydrogen-bond acceptors (Lipinski definition) is 7. The molecule has 11 nitrogen and oxygen atoms in total. The average Bonchev–Trinajstić information content (AvgIpc) is 3.60. The van der Waals surface area contributed by atoms with E-state index < -0.39 is 42.7 Å². The topological polar surface area (TPSA) is 131 Å². The van der Waals surface area contributed by atoms with Crippen molar-refractivity contribution in [2.75, 3.05) is 6.54 Å². The smallest absolute Gasteiger partial charge is 0.342 e. The van der Waals surface area contributed by atoms with Crippen molar-refractivity contribution in [3.8, 4) is 0 Å². The lowest BCUT2D eigenvalue weighted by atomic mass is 9.81. The number of amides is 3. The van der Waals surface area contributed by atoms with Crippen molar-refractivity contribution in [1.82, 2.24) is 40.4 Å². The molecule has 210 valence electrons. The van der Waals surface area contributed by atoms with Gasteiger partial charge < -0.3 is 15.5 Å². The van der Waals surface area contributed by atoms with Crippen molar-refractivity contribution in [1.29, 1.82) is 0 Å². The van der Waals surface area contributed by atoms with Crippen LogP contribution in [0.4, 0.5) is 26.7 Å². The van der Waals surface area contributed by atoms with Crippen LogP contribution < -0.4 is 10.6 Å². The van der Waals surface area contributed by atoms with Crippen molar-refractivity contribution in [3.63, 3.8) is 0 Å². The van der Waals surface area contributed by atoms with E-state index in [1.165, 1.54) is 10.7 Å². The normalized spacial score (nSPS) is 20.8. The second-order valence-corrected chi connectivity index (χ2v) is 9.81. The Bertz CT molecular complexity index is 1360. The standard InChI is InChI=1S/C23H25F5N8O3/c1-2-14-19(34-39-33-14)20(37)32-18(13-3-5-22(24,25)6-4-13)15-10-36-17(30-15)7-12(8-29-36)9-35-11-16(23(26,27)28)31-21(35)38/h7-8,10,13,16,18H,2-6,9,11H2,1H3,(H,31,38)(H,32,37)/t16-,18?/m0/s1. The third kappa shape index (κ3) is 5.63. The highest BCUT2D eigenvalue weighted by atomic mass is 19.4. The number of rotatable bonds is 7. The third-order valence-corrected chi connectivity index (χ3v) is 7.10. The van der Waals surface area contributed by atoms with Crippen molar-refractivity contribution < 1.29 is 36.2 Å². The minimum atomic E-state index is -4.56. The summed E-state index contributed by atoms with van der Waals surface area (Å²) in [5, 5.41) is 16.4. The van der Waals surface area contributed by atoms with E-state index in [1.54, 1.807) is 19.2 Å². The van der Waals surface area contributed by atoms with E-state index in [-0.39, 0.29) is 43.8 Å². The number of carbonyl (C=O) groups is 2. The number of carbonyl (C=O) groups excluding carboxylic acids is 2. The molecule has 2 fully saturated rings. The summed E-state index contributed by atoms with van der Waals surface area (Å²) in [5.74, 6) is -3.71. The van der Waals surface area contributed by atoms with E-state index >= 15 is 0 Å². The monoisotopic (exact) mass is 556 g/mol. The summed E-state index contributed by atoms with van der Waals surface area (Å²) in [6.45, 7) is 1.11. The van der Waals surface area contributed by atoms with Gasteiger partial charge in [0.15, 0.2) is 11.3 Å². The first-order valence-corrected chi connectivity index (χ1v) is 12.4. The molecule has 1 saturated carbocycles. The Balaban J connectivity index is 1.39. The van der Waals surface area contributed by atoms with Crippen molar-refractivity contribution in [3.05, 3.63) is 41.1 Å². The first-order valence-electron chi connectivity index (χ1n) is 12.4. The zero-order chi connectivity index (χ0) is 27.9. The SMILES string of the molecule is CCc1nonc1C(=O)NC(c1cn2ncc(CN3C[C@@H](C(F)(F)F)NC3=O)cc2n1)C1CCC(F)(F)CC1. The van der Waals surface area contributed by atoms with Crippen LogP contribution in [0.5, 0.6) is 0 Å². The maximum atomic E-state index is 13.9. The van der Waals surface area contributed by atoms with Crippen LogP contribution in [0.1, 0.15) is 66.1 Å². The molecular formula is C23H25F5N8O3. The lowest BCUT2D eigenvalue weighted by Crippen LogP contribution is -2.40. The molecule has 3 aromatic rings. The second kappa shape index (κ2) is 10.0. The zero-order valence-electron chi connectivity index (χ0n) is 20.7. The van der Waals surface area contributed by atoms with Crippen LogP contribution in [-0.2, 0) is 13.0 Å². The molecule has 0 radical (unpaired) electrons. The molecule has 1 aliphatic carbocycles. The lowest BCUT2D eigenvalue weighted by molar-refractivity contribution is -0.149. The lowest BCUT2D eigenvalue weighted by Gasteiger charge is -2.33. The van der Waals surface area contributed by atoms with Gasteiger partial charge in [0.25, 0.3) is 5.91 Å². The largest absolute Gasteiger partial charge is 0.410 e. The molecular weight excluding hydrogens is 531 g/mol. The maximum Gasteiger partial charge on any atom is 0.410 e. The molecule has 39 heavy (non-hydrogen) atoms. The number of aryl methyl sites for hydroxylation is 1. The molecule has 4 heterocycles. The van der Waals surface area contributed by atoms with E-state index in [0.29, 0.717) is 29.0 Å². The van der Waals surface area contributed by atoms with Gasteiger partial charge in [0.1, 0.15) is 11.7 Å². The molecule has 1 saturated heterocycles. The number of urea groups is 1. The highest BCUT2D eigenvalue weighted by molar-refractivity contribution is 5.93. The van der Waals surface area contributed by atoms with Gasteiger partial charge in [-0.15, -0.1) is 0 Å². The van der Waals surface area contributed by atoms with Crippen LogP contribution in [-0.4, -0.2) is 66.4 Å². The number of nitrogens with zero attached hydrogens (tertiary/aromatic N) is 6. The molecule has 3 amide bonds. The molecule has 1 aliphatic heterocycles. The van der Waals surface area contributed by atoms with Gasteiger partial charge in [-0.2, -0.15) is 18.3 Å². The van der Waals surface area contributed by atoms with Crippen LogP contribution in [0.2, 0.25) is 0 Å². The fraction of sp³-hybridized carbons (Fsp3) is 0.565. The minimum absolute atomic E-state index is 0.00568. The minimum Gasteiger partial charge on any atom is -0.342 e. The number of halogens is 5. The Kier molecular flexibility index (Phi) is 6.88. The molecule has 1 unspecified atom stereocenters. The highest BCUT2D eigenvalue weighted by Crippen LogP contribution is 2.41.